The maximum atomic E-state index is 8.71. The number of aliphatic hydroxyl groups is 1. The summed E-state index contributed by atoms with van der Waals surface area (Å²) >= 11 is 8.76. The Hall–Kier alpha value is -0.120. The van der Waals surface area contributed by atoms with E-state index < -0.39 is 0 Å². The van der Waals surface area contributed by atoms with Crippen LogP contribution in [0, 0.1) is 0 Å². The first-order valence-electron chi connectivity index (χ1n) is 2.65. The van der Waals surface area contributed by atoms with Gasteiger partial charge in [0, 0.05) is 11.8 Å². The molecule has 10 heavy (non-hydrogen) atoms. The van der Waals surface area contributed by atoms with E-state index in [1.165, 1.54) is 6.20 Å². The fourth-order valence-corrected chi connectivity index (χ4v) is 1.10. The third kappa shape index (κ3) is 1.68. The number of aromatic nitrogens is 1. The topological polar surface area (TPSA) is 33.1 Å². The molecule has 1 N–H and O–H groups in total. The molecule has 1 aromatic heterocycles. The van der Waals surface area contributed by atoms with Crippen molar-refractivity contribution in [2.24, 2.45) is 0 Å². The van der Waals surface area contributed by atoms with Gasteiger partial charge < -0.3 is 5.11 Å². The summed E-state index contributed by atoms with van der Waals surface area (Å²) in [5.74, 6) is 0. The summed E-state index contributed by atoms with van der Waals surface area (Å²) in [5.41, 5.74) is 0.701. The molecule has 0 amide bonds. The van der Waals surface area contributed by atoms with Crippen LogP contribution >= 0.6 is 27.5 Å². The predicted molar refractivity (Wildman–Crippen MR) is 42.9 cm³/mol. The number of hydrogen-bond donors (Lipinski definition) is 1. The third-order valence-electron chi connectivity index (χ3n) is 1.05. The van der Waals surface area contributed by atoms with Crippen molar-refractivity contribution < 1.29 is 5.11 Å². The van der Waals surface area contributed by atoms with Crippen LogP contribution in [0.4, 0.5) is 0 Å². The van der Waals surface area contributed by atoms with E-state index in [2.05, 4.69) is 20.9 Å². The maximum Gasteiger partial charge on any atom is 0.111 e. The monoisotopic (exact) mass is 221 g/mol. The summed E-state index contributed by atoms with van der Waals surface area (Å²) in [6.07, 6.45) is 1.52. The normalized spacial score (nSPS) is 9.90. The molecule has 0 aliphatic rings. The molecule has 0 aliphatic heterocycles. The van der Waals surface area contributed by atoms with E-state index >= 15 is 0 Å². The van der Waals surface area contributed by atoms with E-state index in [4.69, 9.17) is 16.7 Å². The van der Waals surface area contributed by atoms with Gasteiger partial charge in [0.05, 0.1) is 11.6 Å². The van der Waals surface area contributed by atoms with Crippen LogP contribution in [0.1, 0.15) is 5.56 Å². The van der Waals surface area contributed by atoms with Crippen LogP contribution < -0.4 is 0 Å². The Labute approximate surface area is 72.0 Å². The van der Waals surface area contributed by atoms with Gasteiger partial charge >= 0.3 is 0 Å². The summed E-state index contributed by atoms with van der Waals surface area (Å²) in [6.45, 7) is -0.0475. The van der Waals surface area contributed by atoms with Gasteiger partial charge in [0.25, 0.3) is 0 Å². The van der Waals surface area contributed by atoms with Crippen molar-refractivity contribution in [1.82, 2.24) is 4.98 Å². The minimum atomic E-state index is -0.0475. The van der Waals surface area contributed by atoms with E-state index in [0.717, 1.165) is 0 Å². The first-order valence-corrected chi connectivity index (χ1v) is 3.82. The molecule has 0 saturated carbocycles. The molecule has 0 saturated heterocycles. The predicted octanol–water partition coefficient (Wildman–Crippen LogP) is 1.99. The van der Waals surface area contributed by atoms with Crippen molar-refractivity contribution in [2.45, 2.75) is 6.61 Å². The molecule has 1 rings (SSSR count). The number of nitrogens with zero attached hydrogens (tertiary/aromatic N) is 1. The largest absolute Gasteiger partial charge is 0.392 e. The van der Waals surface area contributed by atoms with E-state index in [9.17, 15) is 0 Å². The van der Waals surface area contributed by atoms with Crippen molar-refractivity contribution in [2.75, 3.05) is 0 Å². The molecule has 1 heterocycles. The molecular formula is C6H5BrClNO. The van der Waals surface area contributed by atoms with Gasteiger partial charge in [-0.25, -0.2) is 4.98 Å². The lowest BCUT2D eigenvalue weighted by atomic mass is 10.3. The number of hydrogen-bond acceptors (Lipinski definition) is 2. The molecule has 2 nitrogen and oxygen atoms in total. The Balaban J connectivity index is 3.09. The summed E-state index contributed by atoms with van der Waals surface area (Å²) in [4.78, 5) is 3.87. The van der Waals surface area contributed by atoms with E-state index in [0.29, 0.717) is 15.2 Å². The van der Waals surface area contributed by atoms with Crippen molar-refractivity contribution in [1.29, 1.82) is 0 Å². The second-order valence-corrected chi connectivity index (χ2v) is 2.95. The average Bonchev–Trinajstić information content (AvgIpc) is 1.94. The van der Waals surface area contributed by atoms with Crippen LogP contribution in [-0.2, 0) is 6.61 Å². The van der Waals surface area contributed by atoms with Gasteiger partial charge in [-0.15, -0.1) is 0 Å². The van der Waals surface area contributed by atoms with Gasteiger partial charge in [-0.3, -0.25) is 0 Å². The number of aliphatic hydroxyl groups excluding tert-OH is 1. The lowest BCUT2D eigenvalue weighted by Crippen LogP contribution is -1.87. The highest BCUT2D eigenvalue weighted by atomic mass is 79.9. The second-order valence-electron chi connectivity index (χ2n) is 1.76. The Morgan fingerprint density at radius 2 is 2.40 bits per heavy atom. The van der Waals surface area contributed by atoms with Crippen molar-refractivity contribution in [3.8, 4) is 0 Å². The molecule has 0 aliphatic carbocycles. The fraction of sp³-hybridized carbons (Fsp3) is 0.167. The summed E-state index contributed by atoms with van der Waals surface area (Å²) in [5, 5.41) is 9.25. The minimum absolute atomic E-state index is 0.0475. The molecule has 0 atom stereocenters. The molecular weight excluding hydrogens is 217 g/mol. The zero-order chi connectivity index (χ0) is 7.56. The molecule has 0 spiro atoms. The molecule has 54 valence electrons. The van der Waals surface area contributed by atoms with Crippen LogP contribution in [-0.4, -0.2) is 10.1 Å². The van der Waals surface area contributed by atoms with E-state index in [1.807, 2.05) is 0 Å². The van der Waals surface area contributed by atoms with Gasteiger partial charge in [0.2, 0.25) is 0 Å². The quantitative estimate of drug-likeness (QED) is 0.737. The highest BCUT2D eigenvalue weighted by Crippen LogP contribution is 2.17. The van der Waals surface area contributed by atoms with Crippen LogP contribution in [0.2, 0.25) is 5.02 Å². The molecule has 0 bridgehead atoms. The standard InChI is InChI=1S/C6H5BrClNO/c7-6-4(3-10)1-5(8)2-9-6/h1-2,10H,3H2. The van der Waals surface area contributed by atoms with Crippen molar-refractivity contribution in [3.05, 3.63) is 27.5 Å². The first kappa shape index (κ1) is 7.98. The molecule has 4 heteroatoms. The average molecular weight is 222 g/mol. The zero-order valence-corrected chi connectivity index (χ0v) is 7.35. The third-order valence-corrected chi connectivity index (χ3v) is 1.97. The Morgan fingerprint density at radius 3 is 2.90 bits per heavy atom. The van der Waals surface area contributed by atoms with Gasteiger partial charge in [0.15, 0.2) is 0 Å². The number of halogens is 2. The minimum Gasteiger partial charge on any atom is -0.392 e. The van der Waals surface area contributed by atoms with Gasteiger partial charge in [-0.05, 0) is 22.0 Å². The Kier molecular flexibility index (Phi) is 2.65. The van der Waals surface area contributed by atoms with Crippen LogP contribution in [0.25, 0.3) is 0 Å². The van der Waals surface area contributed by atoms with Crippen LogP contribution in [0.15, 0.2) is 16.9 Å². The first-order chi connectivity index (χ1) is 4.74. The Bertz CT molecular complexity index is 241. The molecule has 0 fully saturated rings. The van der Waals surface area contributed by atoms with Crippen molar-refractivity contribution in [3.63, 3.8) is 0 Å². The van der Waals surface area contributed by atoms with Gasteiger partial charge in [-0.1, -0.05) is 11.6 Å². The SMILES string of the molecule is OCc1cc(Cl)cnc1Br. The fourth-order valence-electron chi connectivity index (χ4n) is 0.575. The molecule has 1 aromatic rings. The number of pyridine rings is 1. The van der Waals surface area contributed by atoms with E-state index in [-0.39, 0.29) is 6.61 Å². The van der Waals surface area contributed by atoms with Crippen LogP contribution in [0.5, 0.6) is 0 Å². The highest BCUT2D eigenvalue weighted by Gasteiger charge is 1.98. The van der Waals surface area contributed by atoms with E-state index in [1.54, 1.807) is 6.07 Å². The summed E-state index contributed by atoms with van der Waals surface area (Å²) < 4.78 is 0.638. The van der Waals surface area contributed by atoms with Gasteiger partial charge in [-0.2, -0.15) is 0 Å². The molecule has 0 unspecified atom stereocenters. The second kappa shape index (κ2) is 3.32. The Morgan fingerprint density at radius 1 is 1.70 bits per heavy atom. The maximum absolute atomic E-state index is 8.71. The zero-order valence-electron chi connectivity index (χ0n) is 5.01. The lowest BCUT2D eigenvalue weighted by molar-refractivity contribution is 0.280. The van der Waals surface area contributed by atoms with Gasteiger partial charge in [0.1, 0.15) is 4.60 Å². The number of rotatable bonds is 1. The summed E-state index contributed by atoms with van der Waals surface area (Å²) in [7, 11) is 0. The highest BCUT2D eigenvalue weighted by molar-refractivity contribution is 9.10. The lowest BCUT2D eigenvalue weighted by Gasteiger charge is -1.97. The van der Waals surface area contributed by atoms with Crippen LogP contribution in [0.3, 0.4) is 0 Å². The summed E-state index contributed by atoms with van der Waals surface area (Å²) in [6, 6.07) is 1.67. The molecule has 0 radical (unpaired) electrons. The smallest absolute Gasteiger partial charge is 0.111 e. The van der Waals surface area contributed by atoms with Crippen molar-refractivity contribution >= 4 is 27.5 Å². The molecule has 0 aromatic carbocycles.